The normalized spacial score (nSPS) is 18.0. The zero-order valence-corrected chi connectivity index (χ0v) is 19.6. The van der Waals surface area contributed by atoms with Gasteiger partial charge in [0.25, 0.3) is 0 Å². The maximum Gasteiger partial charge on any atom is 0.324 e. The predicted molar refractivity (Wildman–Crippen MR) is 124 cm³/mol. The first kappa shape index (κ1) is 24.6. The molecule has 1 aromatic rings. The molecule has 3 rings (SSSR count). The number of imide groups is 1. The van der Waals surface area contributed by atoms with E-state index in [1.54, 1.807) is 19.1 Å². The molecule has 1 saturated carbocycles. The third-order valence-electron chi connectivity index (χ3n) is 5.95. The van der Waals surface area contributed by atoms with E-state index in [1.165, 1.54) is 11.0 Å². The predicted octanol–water partition coefficient (Wildman–Crippen LogP) is 0.237. The van der Waals surface area contributed by atoms with Crippen molar-refractivity contribution in [3.63, 3.8) is 0 Å². The van der Waals surface area contributed by atoms with Crippen LogP contribution in [0.5, 0.6) is 5.75 Å². The van der Waals surface area contributed by atoms with Crippen molar-refractivity contribution in [3.8, 4) is 5.75 Å². The average Bonchev–Trinajstić information content (AvgIpc) is 3.49. The Kier molecular flexibility index (Phi) is 7.54. The summed E-state index contributed by atoms with van der Waals surface area (Å²) in [5.74, 6) is -0.300. The van der Waals surface area contributed by atoms with E-state index in [2.05, 4.69) is 10.0 Å². The van der Waals surface area contributed by atoms with Gasteiger partial charge < -0.3 is 9.64 Å². The molecule has 174 valence electrons. The van der Waals surface area contributed by atoms with Crippen LogP contribution in [0.25, 0.3) is 0 Å². The summed E-state index contributed by atoms with van der Waals surface area (Å²) in [6.07, 6.45) is 3.78. The van der Waals surface area contributed by atoms with Crippen LogP contribution in [0.15, 0.2) is 18.2 Å². The molecule has 0 aromatic heterocycles. The van der Waals surface area contributed by atoms with Crippen LogP contribution in [0, 0.1) is 11.7 Å². The van der Waals surface area contributed by atoms with Gasteiger partial charge in [-0.25, -0.2) is 22.3 Å². The molecule has 1 aliphatic carbocycles. The molecular weight excluding hydrogens is 435 g/mol. The van der Waals surface area contributed by atoms with E-state index in [1.807, 2.05) is 15.7 Å². The van der Waals surface area contributed by atoms with Gasteiger partial charge in [0.2, 0.25) is 15.9 Å². The minimum atomic E-state index is -3.54. The summed E-state index contributed by atoms with van der Waals surface area (Å²) in [6.45, 7) is 2.18. The molecule has 1 heterocycles. The van der Waals surface area contributed by atoms with Gasteiger partial charge in [-0.1, -0.05) is 12.5 Å². The van der Waals surface area contributed by atoms with Crippen molar-refractivity contribution in [1.82, 2.24) is 14.9 Å². The van der Waals surface area contributed by atoms with Crippen molar-refractivity contribution in [2.24, 2.45) is 5.92 Å². The van der Waals surface area contributed by atoms with E-state index in [0.717, 1.165) is 12.8 Å². The third-order valence-corrected chi connectivity index (χ3v) is 7.49. The molecule has 2 aliphatic rings. The molecule has 1 atom stereocenters. The van der Waals surface area contributed by atoms with Crippen LogP contribution in [0.2, 0.25) is 0 Å². The maximum atomic E-state index is 14.3. The van der Waals surface area contributed by atoms with E-state index in [-0.39, 0.29) is 24.0 Å². The van der Waals surface area contributed by atoms with Gasteiger partial charge in [-0.2, -0.15) is 0 Å². The summed E-state index contributed by atoms with van der Waals surface area (Å²) in [4.78, 5) is 24.0. The highest BCUT2D eigenvalue weighted by molar-refractivity contribution is 7.89. The first-order valence-corrected chi connectivity index (χ1v) is 12.7. The fourth-order valence-corrected chi connectivity index (χ4v) is 5.22. The molecule has 8 nitrogen and oxygen atoms in total. The molecule has 32 heavy (non-hydrogen) atoms. The Balaban J connectivity index is 1.47. The number of carbonyl (C=O) groups is 2. The van der Waals surface area contributed by atoms with Crippen molar-refractivity contribution >= 4 is 37.7 Å². The lowest BCUT2D eigenvalue weighted by Gasteiger charge is -2.28. The lowest BCUT2D eigenvalue weighted by molar-refractivity contribution is -0.118. The SMILES string of the molecule is BC(B)(Oc1cc([C@@H](C)NS(=O)(=O)CCCCCN2CC(=O)NC2=O)ccc1F)C1CC1. The molecule has 12 heteroatoms. The molecule has 2 N–H and O–H groups in total. The van der Waals surface area contributed by atoms with Crippen LogP contribution in [0.3, 0.4) is 0 Å². The zero-order chi connectivity index (χ0) is 23.5. The maximum absolute atomic E-state index is 14.3. The lowest BCUT2D eigenvalue weighted by atomic mass is 9.62. The number of hydrogen-bond donors (Lipinski definition) is 2. The van der Waals surface area contributed by atoms with Crippen molar-refractivity contribution < 1.29 is 27.1 Å². The number of amides is 3. The molecule has 0 unspecified atom stereocenters. The Bertz CT molecular complexity index is 972. The van der Waals surface area contributed by atoms with Crippen molar-refractivity contribution in [2.75, 3.05) is 18.8 Å². The van der Waals surface area contributed by atoms with E-state index in [9.17, 15) is 22.4 Å². The highest BCUT2D eigenvalue weighted by atomic mass is 32.2. The van der Waals surface area contributed by atoms with Gasteiger partial charge in [0.1, 0.15) is 22.2 Å². The van der Waals surface area contributed by atoms with E-state index in [0.29, 0.717) is 37.3 Å². The summed E-state index contributed by atoms with van der Waals surface area (Å²) in [6, 6.07) is 3.49. The van der Waals surface area contributed by atoms with Gasteiger partial charge in [0.15, 0.2) is 11.6 Å². The highest BCUT2D eigenvalue weighted by Crippen LogP contribution is 2.39. The molecule has 0 spiro atoms. The summed E-state index contributed by atoms with van der Waals surface area (Å²) >= 11 is 0. The fourth-order valence-electron chi connectivity index (χ4n) is 3.84. The Morgan fingerprint density at radius 2 is 2.00 bits per heavy atom. The second-order valence-corrected chi connectivity index (χ2v) is 11.0. The number of sulfonamides is 1. The number of nitrogens with one attached hydrogen (secondary N) is 2. The van der Waals surface area contributed by atoms with Gasteiger partial charge in [-0.15, -0.1) is 0 Å². The largest absolute Gasteiger partial charge is 0.502 e. The van der Waals surface area contributed by atoms with Crippen LogP contribution in [-0.4, -0.2) is 65.2 Å². The Hall–Kier alpha value is -2.07. The van der Waals surface area contributed by atoms with E-state index < -0.39 is 33.3 Å². The number of unbranched alkanes of at least 4 members (excludes halogenated alkanes) is 2. The van der Waals surface area contributed by atoms with Gasteiger partial charge in [-0.05, 0) is 56.2 Å². The van der Waals surface area contributed by atoms with Crippen LogP contribution < -0.4 is 14.8 Å². The number of rotatable bonds is 12. The Labute approximate surface area is 190 Å². The summed E-state index contributed by atoms with van der Waals surface area (Å²) in [5, 5.41) is 1.74. The highest BCUT2D eigenvalue weighted by Gasteiger charge is 2.39. The lowest BCUT2D eigenvalue weighted by Crippen LogP contribution is -2.40. The topological polar surface area (TPSA) is 105 Å². The number of urea groups is 1. The van der Waals surface area contributed by atoms with Gasteiger partial charge in [0, 0.05) is 18.0 Å². The minimum Gasteiger partial charge on any atom is -0.502 e. The fraction of sp³-hybridized carbons (Fsp3) is 0.600. The second kappa shape index (κ2) is 9.82. The van der Waals surface area contributed by atoms with Crippen molar-refractivity contribution in [1.29, 1.82) is 0 Å². The van der Waals surface area contributed by atoms with Crippen LogP contribution in [0.1, 0.15) is 50.6 Å². The molecular formula is C20H30B2FN3O5S. The molecule has 0 radical (unpaired) electrons. The zero-order valence-electron chi connectivity index (χ0n) is 18.8. The Morgan fingerprint density at radius 1 is 1.28 bits per heavy atom. The first-order valence-electron chi connectivity index (χ1n) is 11.0. The average molecular weight is 465 g/mol. The minimum absolute atomic E-state index is 0.0530. The number of halogens is 1. The van der Waals surface area contributed by atoms with E-state index in [4.69, 9.17) is 4.74 Å². The number of hydrogen-bond acceptors (Lipinski definition) is 5. The van der Waals surface area contributed by atoms with Crippen molar-refractivity contribution in [3.05, 3.63) is 29.6 Å². The van der Waals surface area contributed by atoms with Gasteiger partial charge in [-0.3, -0.25) is 10.1 Å². The number of nitrogens with zero attached hydrogens (tertiary/aromatic N) is 1. The second-order valence-electron chi connectivity index (χ2n) is 9.16. The smallest absolute Gasteiger partial charge is 0.324 e. The summed E-state index contributed by atoms with van der Waals surface area (Å²) in [7, 11) is 0.342. The first-order chi connectivity index (χ1) is 15.0. The number of carbonyl (C=O) groups excluding carboxylic acids is 2. The van der Waals surface area contributed by atoms with Crippen LogP contribution >= 0.6 is 0 Å². The number of ether oxygens (including phenoxy) is 1. The molecule has 0 bridgehead atoms. The molecule has 3 amide bonds. The molecule has 1 saturated heterocycles. The molecule has 1 aliphatic heterocycles. The van der Waals surface area contributed by atoms with E-state index >= 15 is 0 Å². The molecule has 1 aromatic carbocycles. The third kappa shape index (κ3) is 6.71. The van der Waals surface area contributed by atoms with Crippen molar-refractivity contribution in [2.45, 2.75) is 50.5 Å². The standard InChI is InChI=1S/C20H30B2FN3O5S/c1-13(14-5-8-16(23)17(11-14)31-20(21,22)15-6-7-15)25-32(29,30)10-4-2-3-9-26-12-18(27)24-19(26)28/h5,8,11,13,15,25H,2-4,6-7,9-10,12,21-22H2,1H3,(H,24,27,28)/t13-/m1/s1. The van der Waals surface area contributed by atoms with Gasteiger partial charge in [0.05, 0.1) is 5.75 Å². The summed E-state index contributed by atoms with van der Waals surface area (Å²) in [5.41, 5.74) is 0.626. The summed E-state index contributed by atoms with van der Waals surface area (Å²) < 4.78 is 47.8. The monoisotopic (exact) mass is 465 g/mol. The van der Waals surface area contributed by atoms with Crippen LogP contribution in [0.4, 0.5) is 9.18 Å². The van der Waals surface area contributed by atoms with Crippen LogP contribution in [-0.2, 0) is 14.8 Å². The Morgan fingerprint density at radius 3 is 2.62 bits per heavy atom. The quantitative estimate of drug-likeness (QED) is 0.262. The number of benzene rings is 1. The molecule has 2 fully saturated rings. The van der Waals surface area contributed by atoms with Gasteiger partial charge >= 0.3 is 6.03 Å².